The van der Waals surface area contributed by atoms with E-state index in [2.05, 4.69) is 16.9 Å². The molecule has 1 aromatic heterocycles. The molecule has 0 bridgehead atoms. The van der Waals surface area contributed by atoms with Gasteiger partial charge in [-0.3, -0.25) is 4.79 Å². The largest absolute Gasteiger partial charge is 0.424 e. The average Bonchev–Trinajstić information content (AvgIpc) is 2.56. The van der Waals surface area contributed by atoms with Crippen molar-refractivity contribution in [3.63, 3.8) is 0 Å². The van der Waals surface area contributed by atoms with E-state index in [1.54, 1.807) is 42.7 Å². The van der Waals surface area contributed by atoms with E-state index in [-0.39, 0.29) is 5.91 Å². The van der Waals surface area contributed by atoms with Crippen molar-refractivity contribution in [3.05, 3.63) is 48.3 Å². The quantitative estimate of drug-likeness (QED) is 0.872. The number of aromatic nitrogens is 2. The zero-order valence-corrected chi connectivity index (χ0v) is 12.6. The van der Waals surface area contributed by atoms with Crippen molar-refractivity contribution in [1.29, 1.82) is 0 Å². The Balaban J connectivity index is 1.69. The fourth-order valence-electron chi connectivity index (χ4n) is 2.67. The lowest BCUT2D eigenvalue weighted by molar-refractivity contribution is 0.0635. The number of likely N-dealkylation sites (tertiary alicyclic amines) is 1. The molecular weight excluding hydrogens is 278 g/mol. The number of carbonyl (C=O) groups excluding carboxylic acids is 1. The van der Waals surface area contributed by atoms with Crippen LogP contribution in [0.2, 0.25) is 0 Å². The number of piperidine rings is 1. The molecule has 1 amide bonds. The van der Waals surface area contributed by atoms with E-state index in [0.717, 1.165) is 19.4 Å². The predicted octanol–water partition coefficient (Wildman–Crippen LogP) is 3.28. The van der Waals surface area contributed by atoms with Gasteiger partial charge in [-0.2, -0.15) is 0 Å². The summed E-state index contributed by atoms with van der Waals surface area (Å²) in [6.07, 6.45) is 6.62. The third kappa shape index (κ3) is 3.24. The van der Waals surface area contributed by atoms with E-state index in [0.29, 0.717) is 23.4 Å². The molecule has 1 aliphatic heterocycles. The molecule has 1 saturated heterocycles. The van der Waals surface area contributed by atoms with Gasteiger partial charge in [-0.1, -0.05) is 0 Å². The Morgan fingerprint density at radius 3 is 2.59 bits per heavy atom. The highest BCUT2D eigenvalue weighted by Crippen LogP contribution is 2.22. The third-order valence-corrected chi connectivity index (χ3v) is 3.92. The highest BCUT2D eigenvalue weighted by molar-refractivity contribution is 5.94. The molecule has 1 atom stereocenters. The molecule has 0 radical (unpaired) electrons. The maximum absolute atomic E-state index is 12.5. The number of benzene rings is 1. The predicted molar refractivity (Wildman–Crippen MR) is 82.9 cm³/mol. The normalized spacial score (nSPS) is 18.0. The van der Waals surface area contributed by atoms with Crippen LogP contribution >= 0.6 is 0 Å². The molecule has 3 rings (SSSR count). The minimum Gasteiger partial charge on any atom is -0.424 e. The molecule has 1 aliphatic rings. The van der Waals surface area contributed by atoms with E-state index in [1.807, 2.05) is 4.90 Å². The number of rotatable bonds is 3. The van der Waals surface area contributed by atoms with Gasteiger partial charge in [0.25, 0.3) is 5.91 Å². The summed E-state index contributed by atoms with van der Waals surface area (Å²) in [6.45, 7) is 2.96. The number of hydrogen-bond acceptors (Lipinski definition) is 4. The monoisotopic (exact) mass is 297 g/mol. The fourth-order valence-corrected chi connectivity index (χ4v) is 2.67. The highest BCUT2D eigenvalue weighted by atomic mass is 16.5. The van der Waals surface area contributed by atoms with Crippen molar-refractivity contribution in [2.45, 2.75) is 32.2 Å². The molecule has 0 saturated carbocycles. The molecule has 0 spiro atoms. The molecule has 0 N–H and O–H groups in total. The molecule has 0 aliphatic carbocycles. The van der Waals surface area contributed by atoms with Gasteiger partial charge in [0, 0.05) is 30.5 Å². The summed E-state index contributed by atoms with van der Waals surface area (Å²) >= 11 is 0. The van der Waals surface area contributed by atoms with Crippen LogP contribution < -0.4 is 4.74 Å². The van der Waals surface area contributed by atoms with Gasteiger partial charge in [-0.05, 0) is 56.5 Å². The topological polar surface area (TPSA) is 55.3 Å². The van der Waals surface area contributed by atoms with Gasteiger partial charge in [0.2, 0.25) is 0 Å². The fraction of sp³-hybridized carbons (Fsp3) is 0.353. The molecule has 5 heteroatoms. The van der Waals surface area contributed by atoms with E-state index < -0.39 is 0 Å². The average molecular weight is 297 g/mol. The van der Waals surface area contributed by atoms with Crippen molar-refractivity contribution in [2.75, 3.05) is 6.54 Å². The van der Waals surface area contributed by atoms with Gasteiger partial charge in [0.1, 0.15) is 5.75 Å². The van der Waals surface area contributed by atoms with E-state index in [4.69, 9.17) is 4.74 Å². The number of carbonyl (C=O) groups is 1. The molecule has 2 heterocycles. The first kappa shape index (κ1) is 14.5. The van der Waals surface area contributed by atoms with Crippen LogP contribution in [0.4, 0.5) is 0 Å². The van der Waals surface area contributed by atoms with E-state index in [1.165, 1.54) is 6.42 Å². The first-order chi connectivity index (χ1) is 10.7. The minimum absolute atomic E-state index is 0.0923. The van der Waals surface area contributed by atoms with Crippen LogP contribution in [0.1, 0.15) is 36.5 Å². The zero-order chi connectivity index (χ0) is 15.4. The summed E-state index contributed by atoms with van der Waals surface area (Å²) in [5, 5.41) is 0. The summed E-state index contributed by atoms with van der Waals surface area (Å²) in [4.78, 5) is 22.5. The lowest BCUT2D eigenvalue weighted by Crippen LogP contribution is -2.41. The highest BCUT2D eigenvalue weighted by Gasteiger charge is 2.24. The summed E-state index contributed by atoms with van der Waals surface area (Å²) < 4.78 is 5.53. The smallest absolute Gasteiger partial charge is 0.321 e. The van der Waals surface area contributed by atoms with Crippen molar-refractivity contribution in [2.24, 2.45) is 0 Å². The first-order valence-corrected chi connectivity index (χ1v) is 7.60. The molecular formula is C17H19N3O2. The summed E-state index contributed by atoms with van der Waals surface area (Å²) in [5.74, 6) is 0.712. The van der Waals surface area contributed by atoms with Crippen LogP contribution in [0, 0.1) is 0 Å². The SMILES string of the molecule is C[C@H]1CCCCN1C(=O)c1ccc(Oc2ncccn2)cc1. The second kappa shape index (κ2) is 6.56. The number of amides is 1. The van der Waals surface area contributed by atoms with Crippen LogP contribution in [-0.2, 0) is 0 Å². The van der Waals surface area contributed by atoms with Gasteiger partial charge in [0.05, 0.1) is 0 Å². The summed E-state index contributed by atoms with van der Waals surface area (Å²) in [6, 6.07) is 9.48. The van der Waals surface area contributed by atoms with Gasteiger partial charge < -0.3 is 9.64 Å². The van der Waals surface area contributed by atoms with Crippen LogP contribution in [0.15, 0.2) is 42.7 Å². The van der Waals surface area contributed by atoms with Gasteiger partial charge in [0.15, 0.2) is 0 Å². The van der Waals surface area contributed by atoms with Crippen LogP contribution in [-0.4, -0.2) is 33.4 Å². The molecule has 1 aromatic carbocycles. The molecule has 22 heavy (non-hydrogen) atoms. The Morgan fingerprint density at radius 1 is 1.18 bits per heavy atom. The number of nitrogens with zero attached hydrogens (tertiary/aromatic N) is 3. The minimum atomic E-state index is 0.0923. The Hall–Kier alpha value is -2.43. The second-order valence-electron chi connectivity index (χ2n) is 5.50. The van der Waals surface area contributed by atoms with Crippen LogP contribution in [0.5, 0.6) is 11.8 Å². The van der Waals surface area contributed by atoms with Crippen LogP contribution in [0.25, 0.3) is 0 Å². The maximum Gasteiger partial charge on any atom is 0.321 e. The lowest BCUT2D eigenvalue weighted by Gasteiger charge is -2.33. The molecule has 0 unspecified atom stereocenters. The summed E-state index contributed by atoms with van der Waals surface area (Å²) in [5.41, 5.74) is 0.690. The Kier molecular flexibility index (Phi) is 4.32. The maximum atomic E-state index is 12.5. The van der Waals surface area contributed by atoms with Crippen molar-refractivity contribution >= 4 is 5.91 Å². The van der Waals surface area contributed by atoms with Gasteiger partial charge in [-0.15, -0.1) is 0 Å². The van der Waals surface area contributed by atoms with E-state index >= 15 is 0 Å². The lowest BCUT2D eigenvalue weighted by atomic mass is 10.0. The van der Waals surface area contributed by atoms with Crippen molar-refractivity contribution in [1.82, 2.24) is 14.9 Å². The third-order valence-electron chi connectivity index (χ3n) is 3.92. The zero-order valence-electron chi connectivity index (χ0n) is 12.6. The molecule has 2 aromatic rings. The van der Waals surface area contributed by atoms with Gasteiger partial charge >= 0.3 is 6.01 Å². The summed E-state index contributed by atoms with van der Waals surface area (Å²) in [7, 11) is 0. The Bertz CT molecular complexity index is 628. The standard InChI is InChI=1S/C17H19N3O2/c1-13-5-2-3-12-20(13)16(21)14-6-8-15(9-7-14)22-17-18-10-4-11-19-17/h4,6-11,13H,2-3,5,12H2,1H3/t13-/m0/s1. The van der Waals surface area contributed by atoms with Crippen molar-refractivity contribution < 1.29 is 9.53 Å². The first-order valence-electron chi connectivity index (χ1n) is 7.60. The van der Waals surface area contributed by atoms with Crippen molar-refractivity contribution in [3.8, 4) is 11.8 Å². The molecule has 5 nitrogen and oxygen atoms in total. The Labute approximate surface area is 130 Å². The Morgan fingerprint density at radius 2 is 1.91 bits per heavy atom. The number of ether oxygens (including phenoxy) is 1. The van der Waals surface area contributed by atoms with Gasteiger partial charge in [-0.25, -0.2) is 9.97 Å². The van der Waals surface area contributed by atoms with E-state index in [9.17, 15) is 4.79 Å². The second-order valence-corrected chi connectivity index (χ2v) is 5.50. The molecule has 114 valence electrons. The number of hydrogen-bond donors (Lipinski definition) is 0. The molecule has 1 fully saturated rings. The van der Waals surface area contributed by atoms with Crippen LogP contribution in [0.3, 0.4) is 0 Å².